The molecule has 0 aliphatic carbocycles. The van der Waals surface area contributed by atoms with Crippen LogP contribution in [0.15, 0.2) is 18.2 Å². The second kappa shape index (κ2) is 5.20. The van der Waals surface area contributed by atoms with Gasteiger partial charge in [-0.25, -0.2) is 4.79 Å². The lowest BCUT2D eigenvalue weighted by Gasteiger charge is -2.14. The first-order valence-electron chi connectivity index (χ1n) is 4.83. The Labute approximate surface area is 97.9 Å². The van der Waals surface area contributed by atoms with E-state index in [1.165, 1.54) is 32.2 Å². The van der Waals surface area contributed by atoms with Crippen LogP contribution in [0.2, 0.25) is 0 Å². The lowest BCUT2D eigenvalue weighted by molar-refractivity contribution is -0.124. The van der Waals surface area contributed by atoms with Gasteiger partial charge in [0.1, 0.15) is 17.1 Å². The van der Waals surface area contributed by atoms with Crippen LogP contribution in [-0.2, 0) is 4.79 Å². The largest absolute Gasteiger partial charge is 0.497 e. The Morgan fingerprint density at radius 3 is 2.53 bits per heavy atom. The second-order valence-electron chi connectivity index (χ2n) is 3.33. The van der Waals surface area contributed by atoms with Gasteiger partial charge >= 0.3 is 5.97 Å². The van der Waals surface area contributed by atoms with Crippen LogP contribution in [0.25, 0.3) is 0 Å². The molecule has 1 aromatic rings. The van der Waals surface area contributed by atoms with Crippen LogP contribution in [0.4, 0.5) is 0 Å². The van der Waals surface area contributed by atoms with Crippen LogP contribution in [0.1, 0.15) is 17.3 Å². The summed E-state index contributed by atoms with van der Waals surface area (Å²) in [6, 6.07) is 4.22. The van der Waals surface area contributed by atoms with Crippen molar-refractivity contribution in [2.75, 3.05) is 7.11 Å². The van der Waals surface area contributed by atoms with E-state index in [-0.39, 0.29) is 11.3 Å². The molecule has 0 bridgehead atoms. The number of carbonyl (C=O) groups is 2. The number of hydrogen-bond donors (Lipinski definition) is 2. The van der Waals surface area contributed by atoms with Crippen molar-refractivity contribution in [3.05, 3.63) is 23.8 Å². The average molecular weight is 239 g/mol. The molecule has 0 aromatic heterocycles. The number of carboxylic acid groups (broad SMARTS) is 1. The summed E-state index contributed by atoms with van der Waals surface area (Å²) in [6.07, 6.45) is -0.916. The highest BCUT2D eigenvalue weighted by Crippen LogP contribution is 2.25. The zero-order valence-corrected chi connectivity index (χ0v) is 9.47. The van der Waals surface area contributed by atoms with Crippen molar-refractivity contribution in [3.63, 3.8) is 0 Å². The highest BCUT2D eigenvalue weighted by molar-refractivity contribution is 5.91. The summed E-state index contributed by atoms with van der Waals surface area (Å²) in [5.41, 5.74) is 4.98. The molecule has 0 aliphatic heterocycles. The lowest BCUT2D eigenvalue weighted by Crippen LogP contribution is -2.31. The summed E-state index contributed by atoms with van der Waals surface area (Å²) < 4.78 is 10.1. The smallest absolute Gasteiger partial charge is 0.339 e. The Balaban J connectivity index is 3.09. The fourth-order valence-electron chi connectivity index (χ4n) is 1.15. The molecule has 0 radical (unpaired) electrons. The van der Waals surface area contributed by atoms with Gasteiger partial charge in [-0.3, -0.25) is 4.79 Å². The van der Waals surface area contributed by atoms with Crippen LogP contribution in [-0.4, -0.2) is 30.2 Å². The topological polar surface area (TPSA) is 98.8 Å². The van der Waals surface area contributed by atoms with Gasteiger partial charge < -0.3 is 20.3 Å². The van der Waals surface area contributed by atoms with E-state index in [9.17, 15) is 9.59 Å². The molecule has 0 saturated heterocycles. The van der Waals surface area contributed by atoms with Gasteiger partial charge in [0.05, 0.1) is 7.11 Å². The number of primary amides is 1. The quantitative estimate of drug-likeness (QED) is 0.785. The SMILES string of the molecule is COc1ccc(C(=O)O)c(OC(C)C(N)=O)c1. The van der Waals surface area contributed by atoms with Crippen molar-refractivity contribution in [1.82, 2.24) is 0 Å². The van der Waals surface area contributed by atoms with Crippen molar-refractivity contribution in [2.45, 2.75) is 13.0 Å². The van der Waals surface area contributed by atoms with Gasteiger partial charge in [0.15, 0.2) is 6.10 Å². The van der Waals surface area contributed by atoms with E-state index in [2.05, 4.69) is 0 Å². The van der Waals surface area contributed by atoms with Gasteiger partial charge in [0.2, 0.25) is 0 Å². The third kappa shape index (κ3) is 3.10. The van der Waals surface area contributed by atoms with Crippen LogP contribution in [0, 0.1) is 0 Å². The second-order valence-corrected chi connectivity index (χ2v) is 3.33. The minimum absolute atomic E-state index is 0.0446. The lowest BCUT2D eigenvalue weighted by atomic mass is 10.2. The van der Waals surface area contributed by atoms with Gasteiger partial charge in [-0.2, -0.15) is 0 Å². The van der Waals surface area contributed by atoms with Crippen LogP contribution in [0.5, 0.6) is 11.5 Å². The fourth-order valence-corrected chi connectivity index (χ4v) is 1.15. The Morgan fingerprint density at radius 2 is 2.06 bits per heavy atom. The van der Waals surface area contributed by atoms with Crippen molar-refractivity contribution in [2.24, 2.45) is 5.73 Å². The molecular formula is C11H13NO5. The molecule has 0 heterocycles. The number of hydrogen-bond acceptors (Lipinski definition) is 4. The fraction of sp³-hybridized carbons (Fsp3) is 0.273. The van der Waals surface area contributed by atoms with Crippen molar-refractivity contribution in [1.29, 1.82) is 0 Å². The molecule has 1 unspecified atom stereocenters. The molecule has 6 heteroatoms. The predicted octanol–water partition coefficient (Wildman–Crippen LogP) is 0.646. The first-order chi connectivity index (χ1) is 7.95. The zero-order valence-electron chi connectivity index (χ0n) is 9.47. The summed E-state index contributed by atoms with van der Waals surface area (Å²) in [4.78, 5) is 21.8. The molecule has 1 atom stereocenters. The third-order valence-corrected chi connectivity index (χ3v) is 2.12. The number of methoxy groups -OCH3 is 1. The molecule has 1 amide bonds. The monoisotopic (exact) mass is 239 g/mol. The molecular weight excluding hydrogens is 226 g/mol. The van der Waals surface area contributed by atoms with E-state index in [4.69, 9.17) is 20.3 Å². The molecule has 0 spiro atoms. The average Bonchev–Trinajstić information content (AvgIpc) is 2.28. The molecule has 3 N–H and O–H groups in total. The number of benzene rings is 1. The number of amides is 1. The molecule has 1 aromatic carbocycles. The molecule has 0 saturated carbocycles. The third-order valence-electron chi connectivity index (χ3n) is 2.12. The molecule has 0 aliphatic rings. The van der Waals surface area contributed by atoms with Crippen molar-refractivity contribution < 1.29 is 24.2 Å². The Bertz CT molecular complexity index is 443. The first kappa shape index (κ1) is 12.8. The molecule has 92 valence electrons. The molecule has 6 nitrogen and oxygen atoms in total. The summed E-state index contributed by atoms with van der Waals surface area (Å²) in [6.45, 7) is 1.44. The standard InChI is InChI=1S/C11H13NO5/c1-6(10(12)13)17-9-5-7(16-2)3-4-8(9)11(14)15/h3-6H,1-2H3,(H2,12,13)(H,14,15). The number of aromatic carboxylic acids is 1. The van der Waals surface area contributed by atoms with E-state index < -0.39 is 18.0 Å². The summed E-state index contributed by atoms with van der Waals surface area (Å²) in [7, 11) is 1.44. The minimum atomic E-state index is -1.15. The summed E-state index contributed by atoms with van der Waals surface area (Å²) in [5, 5.41) is 8.94. The highest BCUT2D eigenvalue weighted by atomic mass is 16.5. The number of ether oxygens (including phenoxy) is 2. The Kier molecular flexibility index (Phi) is 3.92. The Hall–Kier alpha value is -2.24. The van der Waals surface area contributed by atoms with E-state index in [0.717, 1.165) is 0 Å². The number of rotatable bonds is 5. The normalized spacial score (nSPS) is 11.6. The van der Waals surface area contributed by atoms with E-state index in [1.54, 1.807) is 0 Å². The van der Waals surface area contributed by atoms with Crippen LogP contribution >= 0.6 is 0 Å². The van der Waals surface area contributed by atoms with Crippen molar-refractivity contribution in [3.8, 4) is 11.5 Å². The van der Waals surface area contributed by atoms with Gasteiger partial charge in [-0.05, 0) is 19.1 Å². The van der Waals surface area contributed by atoms with E-state index >= 15 is 0 Å². The van der Waals surface area contributed by atoms with Gasteiger partial charge in [0.25, 0.3) is 5.91 Å². The molecule has 0 fully saturated rings. The van der Waals surface area contributed by atoms with Crippen molar-refractivity contribution >= 4 is 11.9 Å². The van der Waals surface area contributed by atoms with E-state index in [1.807, 2.05) is 0 Å². The predicted molar refractivity (Wildman–Crippen MR) is 59.2 cm³/mol. The molecule has 1 rings (SSSR count). The summed E-state index contributed by atoms with van der Waals surface area (Å²) in [5.74, 6) is -1.35. The summed E-state index contributed by atoms with van der Waals surface area (Å²) >= 11 is 0. The maximum Gasteiger partial charge on any atom is 0.339 e. The number of carboxylic acids is 1. The molecule has 17 heavy (non-hydrogen) atoms. The Morgan fingerprint density at radius 1 is 1.41 bits per heavy atom. The van der Waals surface area contributed by atoms with Crippen LogP contribution < -0.4 is 15.2 Å². The van der Waals surface area contributed by atoms with Crippen LogP contribution in [0.3, 0.4) is 0 Å². The van der Waals surface area contributed by atoms with E-state index in [0.29, 0.717) is 5.75 Å². The maximum atomic E-state index is 10.9. The zero-order chi connectivity index (χ0) is 13.0. The maximum absolute atomic E-state index is 10.9. The number of carbonyl (C=O) groups excluding carboxylic acids is 1. The van der Waals surface area contributed by atoms with Gasteiger partial charge in [-0.1, -0.05) is 0 Å². The van der Waals surface area contributed by atoms with Gasteiger partial charge in [0, 0.05) is 6.07 Å². The first-order valence-corrected chi connectivity index (χ1v) is 4.83. The highest BCUT2D eigenvalue weighted by Gasteiger charge is 2.17. The number of nitrogens with two attached hydrogens (primary N) is 1. The van der Waals surface area contributed by atoms with Gasteiger partial charge in [-0.15, -0.1) is 0 Å². The minimum Gasteiger partial charge on any atom is -0.497 e.